The molecule has 4 nitrogen and oxygen atoms in total. The smallest absolute Gasteiger partial charge is 0.308 e. The van der Waals surface area contributed by atoms with Gasteiger partial charge in [0, 0.05) is 12.1 Å². The lowest BCUT2D eigenvalue weighted by atomic mass is 10.0. The Morgan fingerprint density at radius 2 is 1.95 bits per heavy atom. The number of amides is 1. The Balaban J connectivity index is 2.08. The van der Waals surface area contributed by atoms with E-state index in [2.05, 4.69) is 5.32 Å². The summed E-state index contributed by atoms with van der Waals surface area (Å²) in [5, 5.41) is 13.8. The summed E-state index contributed by atoms with van der Waals surface area (Å²) in [7, 11) is 0. The summed E-state index contributed by atoms with van der Waals surface area (Å²) in [6.45, 7) is 2.10. The Morgan fingerprint density at radius 3 is 2.59 bits per heavy atom. The van der Waals surface area contributed by atoms with Crippen molar-refractivity contribution in [2.45, 2.75) is 19.8 Å². The van der Waals surface area contributed by atoms with Crippen molar-refractivity contribution in [1.29, 1.82) is 0 Å². The minimum Gasteiger partial charge on any atom is -0.481 e. The zero-order valence-electron chi connectivity index (χ0n) is 12.4. The molecule has 0 radical (unpaired) electrons. The van der Waals surface area contributed by atoms with Gasteiger partial charge in [0.15, 0.2) is 0 Å². The largest absolute Gasteiger partial charge is 0.481 e. The zero-order valence-corrected chi connectivity index (χ0v) is 13.2. The van der Waals surface area contributed by atoms with Gasteiger partial charge in [0.1, 0.15) is 0 Å². The van der Waals surface area contributed by atoms with E-state index in [9.17, 15) is 9.59 Å². The van der Waals surface area contributed by atoms with Crippen LogP contribution in [0.3, 0.4) is 0 Å². The van der Waals surface area contributed by atoms with Crippen molar-refractivity contribution in [3.63, 3.8) is 0 Å². The molecule has 5 heteroatoms. The van der Waals surface area contributed by atoms with Crippen molar-refractivity contribution in [2.75, 3.05) is 6.54 Å². The second-order valence-electron chi connectivity index (χ2n) is 5.06. The van der Waals surface area contributed by atoms with Crippen LogP contribution in [0.25, 0.3) is 11.1 Å². The van der Waals surface area contributed by atoms with Gasteiger partial charge in [0.05, 0.1) is 10.8 Å². The monoisotopic (exact) mass is 317 g/mol. The molecule has 0 fully saturated rings. The highest BCUT2D eigenvalue weighted by Crippen LogP contribution is 2.28. The summed E-state index contributed by atoms with van der Waals surface area (Å²) in [5.74, 6) is -1.61. The Bertz CT molecular complexity index is 636. The maximum absolute atomic E-state index is 12.3. The molecule has 1 heterocycles. The summed E-state index contributed by atoms with van der Waals surface area (Å²) < 4.78 is 0. The summed E-state index contributed by atoms with van der Waals surface area (Å²) in [6, 6.07) is 11.6. The number of nitrogens with one attached hydrogen (secondary N) is 1. The van der Waals surface area contributed by atoms with Gasteiger partial charge < -0.3 is 10.4 Å². The Morgan fingerprint density at radius 1 is 1.23 bits per heavy atom. The van der Waals surface area contributed by atoms with Crippen LogP contribution in [-0.4, -0.2) is 23.5 Å². The van der Waals surface area contributed by atoms with E-state index < -0.39 is 11.9 Å². The molecule has 116 valence electrons. The highest BCUT2D eigenvalue weighted by molar-refractivity contribution is 7.12. The first kappa shape index (κ1) is 16.2. The van der Waals surface area contributed by atoms with Gasteiger partial charge in [-0.3, -0.25) is 9.59 Å². The van der Waals surface area contributed by atoms with Gasteiger partial charge in [0.2, 0.25) is 0 Å². The number of carboxylic acid groups (broad SMARTS) is 1. The van der Waals surface area contributed by atoms with Crippen LogP contribution < -0.4 is 5.32 Å². The minimum atomic E-state index is -0.864. The maximum atomic E-state index is 12.3. The first-order valence-electron chi connectivity index (χ1n) is 7.27. The van der Waals surface area contributed by atoms with Crippen LogP contribution in [0.5, 0.6) is 0 Å². The predicted molar refractivity (Wildman–Crippen MR) is 88.1 cm³/mol. The number of carbonyl (C=O) groups excluding carboxylic acids is 1. The van der Waals surface area contributed by atoms with Crippen molar-refractivity contribution in [2.24, 2.45) is 5.92 Å². The third-order valence-corrected chi connectivity index (χ3v) is 4.36. The molecule has 0 spiro atoms. The molecule has 1 unspecified atom stereocenters. The molecule has 2 aromatic rings. The molecule has 0 aliphatic heterocycles. The number of rotatable bonds is 7. The third-order valence-electron chi connectivity index (χ3n) is 3.45. The fraction of sp³-hybridized carbons (Fsp3) is 0.294. The molecule has 1 aromatic carbocycles. The first-order chi connectivity index (χ1) is 10.6. The number of hydrogen-bond donors (Lipinski definition) is 2. The van der Waals surface area contributed by atoms with Crippen molar-refractivity contribution in [1.82, 2.24) is 5.32 Å². The van der Waals surface area contributed by atoms with E-state index >= 15 is 0 Å². The molecule has 1 aromatic heterocycles. The van der Waals surface area contributed by atoms with E-state index in [-0.39, 0.29) is 12.5 Å². The van der Waals surface area contributed by atoms with Gasteiger partial charge in [-0.2, -0.15) is 0 Å². The van der Waals surface area contributed by atoms with E-state index in [0.29, 0.717) is 11.3 Å². The maximum Gasteiger partial charge on any atom is 0.308 e. The average Bonchev–Trinajstić information content (AvgIpc) is 3.01. The molecular formula is C17H19NO3S. The van der Waals surface area contributed by atoms with E-state index in [4.69, 9.17) is 5.11 Å². The molecule has 1 atom stereocenters. The molecule has 1 amide bonds. The van der Waals surface area contributed by atoms with Gasteiger partial charge in [-0.1, -0.05) is 43.7 Å². The van der Waals surface area contributed by atoms with Crippen LogP contribution in [0.4, 0.5) is 0 Å². The molecule has 2 rings (SSSR count). The summed E-state index contributed by atoms with van der Waals surface area (Å²) >= 11 is 1.37. The summed E-state index contributed by atoms with van der Waals surface area (Å²) in [6.07, 6.45) is 1.34. The highest BCUT2D eigenvalue weighted by Gasteiger charge is 2.19. The van der Waals surface area contributed by atoms with Gasteiger partial charge in [0.25, 0.3) is 5.91 Å². The number of hydrogen-bond acceptors (Lipinski definition) is 3. The van der Waals surface area contributed by atoms with Gasteiger partial charge in [-0.25, -0.2) is 0 Å². The van der Waals surface area contributed by atoms with E-state index in [0.717, 1.165) is 17.5 Å². The number of aliphatic carboxylic acids is 1. The number of carbonyl (C=O) groups is 2. The highest BCUT2D eigenvalue weighted by atomic mass is 32.1. The Labute approximate surface area is 133 Å². The lowest BCUT2D eigenvalue weighted by Gasteiger charge is -2.12. The lowest BCUT2D eigenvalue weighted by molar-refractivity contribution is -0.141. The van der Waals surface area contributed by atoms with Crippen LogP contribution in [0.2, 0.25) is 0 Å². The van der Waals surface area contributed by atoms with Crippen molar-refractivity contribution >= 4 is 23.2 Å². The summed E-state index contributed by atoms with van der Waals surface area (Å²) in [4.78, 5) is 24.1. The fourth-order valence-electron chi connectivity index (χ4n) is 2.29. The van der Waals surface area contributed by atoms with Crippen molar-refractivity contribution in [3.8, 4) is 11.1 Å². The predicted octanol–water partition coefficient (Wildman–Crippen LogP) is 3.65. The van der Waals surface area contributed by atoms with Crippen LogP contribution in [-0.2, 0) is 4.79 Å². The first-order valence-corrected chi connectivity index (χ1v) is 8.15. The van der Waals surface area contributed by atoms with E-state index in [1.165, 1.54) is 11.3 Å². The zero-order chi connectivity index (χ0) is 15.9. The van der Waals surface area contributed by atoms with Gasteiger partial charge in [-0.15, -0.1) is 11.3 Å². The number of benzene rings is 1. The topological polar surface area (TPSA) is 66.4 Å². The van der Waals surface area contributed by atoms with Crippen LogP contribution in [0, 0.1) is 5.92 Å². The normalized spacial score (nSPS) is 11.9. The SMILES string of the molecule is CCCC(CNC(=O)c1sccc1-c1ccccc1)C(=O)O. The second kappa shape index (κ2) is 7.75. The molecule has 0 saturated heterocycles. The molecule has 0 bridgehead atoms. The Hall–Kier alpha value is -2.14. The van der Waals surface area contributed by atoms with Gasteiger partial charge >= 0.3 is 5.97 Å². The third kappa shape index (κ3) is 3.95. The Kier molecular flexibility index (Phi) is 5.72. The molecule has 2 N–H and O–H groups in total. The molecular weight excluding hydrogens is 298 g/mol. The standard InChI is InChI=1S/C17H19NO3S/c1-2-6-13(17(20)21)11-18-16(19)15-14(9-10-22-15)12-7-4-3-5-8-12/h3-5,7-10,13H,2,6,11H2,1H3,(H,18,19)(H,20,21). The minimum absolute atomic E-state index is 0.161. The number of thiophene rings is 1. The van der Waals surface area contributed by atoms with Crippen molar-refractivity contribution < 1.29 is 14.7 Å². The van der Waals surface area contributed by atoms with Gasteiger partial charge in [-0.05, 0) is 23.4 Å². The molecule has 0 saturated carbocycles. The molecule has 0 aliphatic rings. The van der Waals surface area contributed by atoms with Crippen LogP contribution >= 0.6 is 11.3 Å². The second-order valence-corrected chi connectivity index (χ2v) is 5.98. The van der Waals surface area contributed by atoms with Crippen LogP contribution in [0.1, 0.15) is 29.4 Å². The lowest BCUT2D eigenvalue weighted by Crippen LogP contribution is -2.32. The summed E-state index contributed by atoms with van der Waals surface area (Å²) in [5.41, 5.74) is 1.86. The van der Waals surface area contributed by atoms with Crippen molar-refractivity contribution in [3.05, 3.63) is 46.7 Å². The van der Waals surface area contributed by atoms with Crippen LogP contribution in [0.15, 0.2) is 41.8 Å². The fourth-order valence-corrected chi connectivity index (χ4v) is 3.12. The van der Waals surface area contributed by atoms with E-state index in [1.54, 1.807) is 0 Å². The molecule has 22 heavy (non-hydrogen) atoms. The molecule has 0 aliphatic carbocycles. The average molecular weight is 317 g/mol. The number of carboxylic acids is 1. The van der Waals surface area contributed by atoms with E-state index in [1.807, 2.05) is 48.7 Å². The quantitative estimate of drug-likeness (QED) is 0.819.